The van der Waals surface area contributed by atoms with E-state index in [-0.39, 0.29) is 18.6 Å². The molecule has 1 atom stereocenters. The van der Waals surface area contributed by atoms with E-state index in [0.29, 0.717) is 5.56 Å². The number of rotatable bonds is 4. The van der Waals surface area contributed by atoms with E-state index in [1.165, 1.54) is 12.8 Å². The van der Waals surface area contributed by atoms with Gasteiger partial charge in [-0.05, 0) is 37.8 Å². The molecule has 2 heterocycles. The fourth-order valence-corrected chi connectivity index (χ4v) is 2.30. The van der Waals surface area contributed by atoms with E-state index >= 15 is 0 Å². The van der Waals surface area contributed by atoms with Crippen molar-refractivity contribution in [3.8, 4) is 0 Å². The monoisotopic (exact) mass is 277 g/mol. The van der Waals surface area contributed by atoms with Gasteiger partial charge in [0.2, 0.25) is 0 Å². The van der Waals surface area contributed by atoms with Crippen LogP contribution in [0.25, 0.3) is 0 Å². The Balaban J connectivity index is 1.97. The maximum atomic E-state index is 11.9. The van der Waals surface area contributed by atoms with Crippen LogP contribution in [0.15, 0.2) is 18.3 Å². The minimum Gasteiger partial charge on any atom is -0.394 e. The minimum atomic E-state index is -0.245. The first kappa shape index (κ1) is 14.8. The van der Waals surface area contributed by atoms with Gasteiger partial charge >= 0.3 is 0 Å². The van der Waals surface area contributed by atoms with Gasteiger partial charge in [0, 0.05) is 25.3 Å². The number of hydrogen-bond donors (Lipinski definition) is 2. The molecule has 1 fully saturated rings. The number of aromatic nitrogens is 1. The summed E-state index contributed by atoms with van der Waals surface area (Å²) in [5, 5.41) is 11.6. The van der Waals surface area contributed by atoms with E-state index in [4.69, 9.17) is 5.11 Å². The number of carbonyl (C=O) groups excluding carboxylic acids is 1. The zero-order valence-corrected chi connectivity index (χ0v) is 12.2. The Labute approximate surface area is 120 Å². The summed E-state index contributed by atoms with van der Waals surface area (Å²) in [6.45, 7) is 6.03. The molecule has 110 valence electrons. The van der Waals surface area contributed by atoms with Crippen LogP contribution < -0.4 is 10.2 Å². The lowest BCUT2D eigenvalue weighted by Gasteiger charge is -2.31. The summed E-state index contributed by atoms with van der Waals surface area (Å²) in [5.74, 6) is 1.53. The first-order valence-electron chi connectivity index (χ1n) is 7.23. The number of aliphatic hydroxyl groups excluding tert-OH is 1. The van der Waals surface area contributed by atoms with E-state index in [9.17, 15) is 4.79 Å². The Kier molecular flexibility index (Phi) is 4.95. The second-order valence-corrected chi connectivity index (χ2v) is 5.63. The van der Waals surface area contributed by atoms with Gasteiger partial charge in [0.15, 0.2) is 0 Å². The van der Waals surface area contributed by atoms with E-state index < -0.39 is 0 Å². The average Bonchev–Trinajstić information content (AvgIpc) is 2.48. The van der Waals surface area contributed by atoms with E-state index in [0.717, 1.165) is 24.8 Å². The van der Waals surface area contributed by atoms with Gasteiger partial charge in [0.05, 0.1) is 12.2 Å². The fourth-order valence-electron chi connectivity index (χ4n) is 2.30. The number of aliphatic hydroxyl groups is 1. The number of anilines is 1. The Morgan fingerprint density at radius 2 is 2.20 bits per heavy atom. The second-order valence-electron chi connectivity index (χ2n) is 5.63. The molecule has 0 saturated carbocycles. The standard InChI is InChI=1S/C15H23N3O2/c1-11-5-7-18(8-6-11)14-4-3-13(9-16-14)15(20)17-12(2)10-19/h3-4,9,11-12,19H,5-8,10H2,1-2H3,(H,17,20). The number of carbonyl (C=O) groups is 1. The molecule has 5 nitrogen and oxygen atoms in total. The predicted octanol–water partition coefficient (Wildman–Crippen LogP) is 1.43. The topological polar surface area (TPSA) is 65.5 Å². The smallest absolute Gasteiger partial charge is 0.253 e. The third-order valence-corrected chi connectivity index (χ3v) is 3.77. The van der Waals surface area contributed by atoms with Crippen molar-refractivity contribution in [3.63, 3.8) is 0 Å². The van der Waals surface area contributed by atoms with Gasteiger partial charge in [-0.3, -0.25) is 4.79 Å². The molecule has 1 aromatic heterocycles. The number of amides is 1. The third kappa shape index (κ3) is 3.70. The molecule has 0 spiro atoms. The Bertz CT molecular complexity index is 439. The number of pyridine rings is 1. The number of nitrogens with one attached hydrogen (secondary N) is 1. The quantitative estimate of drug-likeness (QED) is 0.874. The van der Waals surface area contributed by atoms with Crippen LogP contribution in [0.3, 0.4) is 0 Å². The number of nitrogens with zero attached hydrogens (tertiary/aromatic N) is 2. The maximum Gasteiger partial charge on any atom is 0.253 e. The number of piperidine rings is 1. The van der Waals surface area contributed by atoms with E-state index in [1.54, 1.807) is 19.2 Å². The minimum absolute atomic E-state index is 0.0663. The molecule has 20 heavy (non-hydrogen) atoms. The van der Waals surface area contributed by atoms with Gasteiger partial charge in [-0.2, -0.15) is 0 Å². The van der Waals surface area contributed by atoms with Crippen molar-refractivity contribution in [1.82, 2.24) is 10.3 Å². The summed E-state index contributed by atoms with van der Waals surface area (Å²) >= 11 is 0. The van der Waals surface area contributed by atoms with E-state index in [1.807, 2.05) is 6.07 Å². The summed E-state index contributed by atoms with van der Waals surface area (Å²) in [4.78, 5) is 18.5. The summed E-state index contributed by atoms with van der Waals surface area (Å²) in [5.41, 5.74) is 0.527. The molecule has 1 aromatic rings. The molecule has 2 N–H and O–H groups in total. The fraction of sp³-hybridized carbons (Fsp3) is 0.600. The van der Waals surface area contributed by atoms with Crippen LogP contribution in [0.5, 0.6) is 0 Å². The lowest BCUT2D eigenvalue weighted by Crippen LogP contribution is -2.35. The zero-order valence-electron chi connectivity index (χ0n) is 12.2. The summed E-state index contributed by atoms with van der Waals surface area (Å²) in [6.07, 6.45) is 3.99. The molecular weight excluding hydrogens is 254 g/mol. The highest BCUT2D eigenvalue weighted by Crippen LogP contribution is 2.21. The SMILES string of the molecule is CC1CCN(c2ccc(C(=O)NC(C)CO)cn2)CC1. The Hall–Kier alpha value is -1.62. The summed E-state index contributed by atoms with van der Waals surface area (Å²) < 4.78 is 0. The Morgan fingerprint density at radius 1 is 1.50 bits per heavy atom. The Morgan fingerprint density at radius 3 is 2.75 bits per heavy atom. The predicted molar refractivity (Wildman–Crippen MR) is 78.9 cm³/mol. The first-order valence-corrected chi connectivity index (χ1v) is 7.23. The first-order chi connectivity index (χ1) is 9.60. The van der Waals surface area contributed by atoms with Crippen LogP contribution in [-0.4, -0.2) is 41.7 Å². The molecule has 0 aliphatic carbocycles. The molecule has 1 saturated heterocycles. The number of hydrogen-bond acceptors (Lipinski definition) is 4. The molecule has 1 aliphatic heterocycles. The van der Waals surface area contributed by atoms with Crippen molar-refractivity contribution in [2.45, 2.75) is 32.7 Å². The molecular formula is C15H23N3O2. The highest BCUT2D eigenvalue weighted by atomic mass is 16.3. The summed E-state index contributed by atoms with van der Waals surface area (Å²) in [6, 6.07) is 3.44. The molecule has 0 aromatic carbocycles. The largest absolute Gasteiger partial charge is 0.394 e. The van der Waals surface area contributed by atoms with Gasteiger partial charge in [0.25, 0.3) is 5.91 Å². The van der Waals surface area contributed by atoms with Crippen molar-refractivity contribution in [3.05, 3.63) is 23.9 Å². The van der Waals surface area contributed by atoms with Crippen molar-refractivity contribution < 1.29 is 9.90 Å². The van der Waals surface area contributed by atoms with Crippen LogP contribution in [-0.2, 0) is 0 Å². The molecule has 1 aliphatic rings. The van der Waals surface area contributed by atoms with Crippen LogP contribution in [0, 0.1) is 5.92 Å². The average molecular weight is 277 g/mol. The molecule has 0 bridgehead atoms. The normalized spacial score (nSPS) is 17.9. The molecule has 2 rings (SSSR count). The van der Waals surface area contributed by atoms with Crippen molar-refractivity contribution >= 4 is 11.7 Å². The van der Waals surface area contributed by atoms with Crippen molar-refractivity contribution in [1.29, 1.82) is 0 Å². The zero-order chi connectivity index (χ0) is 14.5. The highest BCUT2D eigenvalue weighted by Gasteiger charge is 2.17. The second kappa shape index (κ2) is 6.70. The van der Waals surface area contributed by atoms with Crippen LogP contribution in [0.2, 0.25) is 0 Å². The molecule has 0 radical (unpaired) electrons. The molecule has 1 amide bonds. The van der Waals surface area contributed by atoms with Gasteiger partial charge in [-0.15, -0.1) is 0 Å². The molecule has 1 unspecified atom stereocenters. The van der Waals surface area contributed by atoms with Gasteiger partial charge in [0.1, 0.15) is 5.82 Å². The van der Waals surface area contributed by atoms with Crippen molar-refractivity contribution in [2.24, 2.45) is 5.92 Å². The third-order valence-electron chi connectivity index (χ3n) is 3.77. The van der Waals surface area contributed by atoms with Gasteiger partial charge in [-0.1, -0.05) is 6.92 Å². The van der Waals surface area contributed by atoms with Crippen LogP contribution in [0.1, 0.15) is 37.0 Å². The lowest BCUT2D eigenvalue weighted by molar-refractivity contribution is 0.0922. The van der Waals surface area contributed by atoms with Gasteiger partial charge < -0.3 is 15.3 Å². The maximum absolute atomic E-state index is 11.9. The lowest BCUT2D eigenvalue weighted by atomic mass is 9.99. The van der Waals surface area contributed by atoms with Gasteiger partial charge in [-0.25, -0.2) is 4.98 Å². The van der Waals surface area contributed by atoms with Crippen LogP contribution >= 0.6 is 0 Å². The summed E-state index contributed by atoms with van der Waals surface area (Å²) in [7, 11) is 0. The molecule has 5 heteroatoms. The van der Waals surface area contributed by atoms with E-state index in [2.05, 4.69) is 22.1 Å². The van der Waals surface area contributed by atoms with Crippen LogP contribution in [0.4, 0.5) is 5.82 Å². The van der Waals surface area contributed by atoms with Crippen molar-refractivity contribution in [2.75, 3.05) is 24.6 Å². The highest BCUT2D eigenvalue weighted by molar-refractivity contribution is 5.94.